The Morgan fingerprint density at radius 2 is 0.675 bits per heavy atom. The third-order valence-electron chi connectivity index (χ3n) is 21.8. The molecule has 9 N–H and O–H groups in total. The molecule has 0 bridgehead atoms. The Morgan fingerprint density at radius 3 is 0.905 bits per heavy atom. The highest BCUT2D eigenvalue weighted by atomic mass is 32.1. The number of amides is 6. The smallest absolute Gasteiger partial charge is 0.325 e. The average molecular weight is 1770 g/mol. The van der Waals surface area contributed by atoms with E-state index in [4.69, 9.17) is 4.74 Å². The van der Waals surface area contributed by atoms with Crippen LogP contribution in [0.1, 0.15) is 225 Å². The van der Waals surface area contributed by atoms with Crippen molar-refractivity contribution in [1.29, 1.82) is 0 Å². The fourth-order valence-electron chi connectivity index (χ4n) is 13.9. The zero-order chi connectivity index (χ0) is 91.5. The van der Waals surface area contributed by atoms with E-state index in [0.717, 1.165) is 121 Å². The number of nitrogens with one attached hydrogen (secondary N) is 6. The number of carbonyl (C=O) groups is 11. The summed E-state index contributed by atoms with van der Waals surface area (Å²) < 4.78 is 4.85. The highest BCUT2D eigenvalue weighted by Crippen LogP contribution is 2.36. The molecule has 0 saturated heterocycles. The number of allylic oxidation sites excluding steroid dienone is 6. The third kappa shape index (κ3) is 26.8. The zero-order valence-electron chi connectivity index (χ0n) is 73.3. The first-order chi connectivity index (χ1) is 59.7. The van der Waals surface area contributed by atoms with Gasteiger partial charge in [-0.3, -0.25) is 52.7 Å². The molecule has 662 valence electrons. The first-order valence-electron chi connectivity index (χ1n) is 41.9. The number of hydrogen-bond acceptors (Lipinski definition) is 21. The molecule has 0 fully saturated rings. The molecule has 6 amide bonds. The Kier molecular flexibility index (Phi) is 32.7. The van der Waals surface area contributed by atoms with Gasteiger partial charge >= 0.3 is 23.9 Å². The first-order valence-corrected chi connectivity index (χ1v) is 44.4. The summed E-state index contributed by atoms with van der Waals surface area (Å²) in [7, 11) is 1.41. The van der Waals surface area contributed by atoms with Gasteiger partial charge in [-0.1, -0.05) is 153 Å². The lowest BCUT2D eigenvalue weighted by Crippen LogP contribution is -2.51. The van der Waals surface area contributed by atoms with Crippen LogP contribution < -0.4 is 31.9 Å². The van der Waals surface area contributed by atoms with Crippen molar-refractivity contribution in [3.63, 3.8) is 0 Å². The standard InChI is InChI=1S/C33H38N4O6S.C33H38N4O5S.C30H34N4O4S/c1-19(31(40)41)36-29(38)25(37-30(39)26-14-15-27(44-26)33(2,3)4)16-20-6-8-22(9-7-20)28-34-17-24(18-35-28)21-10-12-23(13-11-21)32(42)43-5;1-19(32(41)42)36-30(39)26(37-31(40)27-14-15-28(43-27)33(3,4)5)16-21-6-8-24(9-7-21)29-34-17-25(18-35-29)23-12-10-22(11-13-23)20(2)38;1-18(29(37)38)33-27(35)23(34-28(36)24-13-14-25(39-24)30(2,3)4)15-19-9-11-21(12-10-19)26-31-16-22(17-32-26)20-7-5-6-8-20/h6-10,14-15,17-19,23,25H,11-13,16H2,1-5H3,(H,36,38)(H,37,39)(H,40,41);6-9,12,14-15,17-19,22,26H,10-11,13,16H2,1-5H3,(H,36,39)(H,37,40)(H,41,42);7,9-14,16-18,23H,5-6,8,15H2,1-4H3,(H,33,35)(H,34,36)(H,37,38)/t19-,23?,25+;19-,22?,26+;18-,23+/m111/s1. The monoisotopic (exact) mass is 1770 g/mol. The van der Waals surface area contributed by atoms with Crippen molar-refractivity contribution < 1.29 is 72.8 Å². The number of ether oxygens (including phenoxy) is 1. The van der Waals surface area contributed by atoms with Crippen molar-refractivity contribution in [3.8, 4) is 34.2 Å². The summed E-state index contributed by atoms with van der Waals surface area (Å²) in [6.07, 6.45) is 25.6. The van der Waals surface area contributed by atoms with Crippen LogP contribution in [0.25, 0.3) is 50.9 Å². The maximum Gasteiger partial charge on any atom is 0.325 e. The molecule has 2 unspecified atom stereocenters. The van der Waals surface area contributed by atoms with E-state index in [1.807, 2.05) is 109 Å². The lowest BCUT2D eigenvalue weighted by Gasteiger charge is -2.20. The predicted octanol–water partition coefficient (Wildman–Crippen LogP) is 15.0. The SMILES string of the molecule is CC(=O)C1CC=C(c2cnc(-c3ccc(C[C@H](NC(=O)c4ccc(C(C)(C)C)s4)C(=O)N[C@H](C)C(=O)O)cc3)nc2)CC1.COC(=O)C1CC=C(c2cnc(-c3ccc(C[C@H](NC(=O)c4ccc(C(C)(C)C)s4)C(=O)N[C@H](C)C(=O)O)cc3)nc2)CC1.C[C@@H](NC(=O)[C@H](Cc1ccc(-c2ncc(C3=CCCC3)cn2)cc1)NC(=O)c1ccc(C(C)(C)C)s1)C(=O)O. The minimum absolute atomic E-state index is 0.0963. The predicted molar refractivity (Wildman–Crippen MR) is 487 cm³/mol. The van der Waals surface area contributed by atoms with Crippen LogP contribution in [0.4, 0.5) is 0 Å². The molecule has 0 aliphatic heterocycles. The van der Waals surface area contributed by atoms with E-state index >= 15 is 0 Å². The number of thiophene rings is 3. The van der Waals surface area contributed by atoms with E-state index in [1.54, 1.807) is 49.9 Å². The van der Waals surface area contributed by atoms with Crippen molar-refractivity contribution in [3.05, 3.63) is 227 Å². The van der Waals surface area contributed by atoms with Gasteiger partial charge in [0.1, 0.15) is 42.0 Å². The van der Waals surface area contributed by atoms with E-state index in [0.29, 0.717) is 38.5 Å². The van der Waals surface area contributed by atoms with Crippen LogP contribution >= 0.6 is 34.0 Å². The van der Waals surface area contributed by atoms with Crippen LogP contribution in [-0.2, 0) is 78.6 Å². The largest absolute Gasteiger partial charge is 0.480 e. The summed E-state index contributed by atoms with van der Waals surface area (Å²) in [5, 5.41) is 43.6. The van der Waals surface area contributed by atoms with Gasteiger partial charge in [-0.2, -0.15) is 0 Å². The Hall–Kier alpha value is -12.4. The zero-order valence-corrected chi connectivity index (χ0v) is 75.8. The second-order valence-corrected chi connectivity index (χ2v) is 38.0. The number of aliphatic carboxylic acids is 3. The van der Waals surface area contributed by atoms with Crippen LogP contribution in [0.5, 0.6) is 0 Å². The van der Waals surface area contributed by atoms with Crippen molar-refractivity contribution >= 4 is 116 Å². The first kappa shape index (κ1) is 95.8. The third-order valence-corrected chi connectivity index (χ3v) is 26.3. The fourth-order valence-corrected chi connectivity index (χ4v) is 16.8. The quantitative estimate of drug-likeness (QED) is 0.0197. The van der Waals surface area contributed by atoms with Crippen LogP contribution in [0.15, 0.2) is 165 Å². The highest BCUT2D eigenvalue weighted by Gasteiger charge is 2.33. The van der Waals surface area contributed by atoms with Crippen molar-refractivity contribution in [1.82, 2.24) is 61.8 Å². The molecule has 126 heavy (non-hydrogen) atoms. The van der Waals surface area contributed by atoms with E-state index in [9.17, 15) is 68.1 Å². The molecule has 3 aromatic carbocycles. The number of rotatable bonds is 29. The lowest BCUT2D eigenvalue weighted by molar-refractivity contribution is -0.145. The van der Waals surface area contributed by atoms with Gasteiger partial charge in [0.25, 0.3) is 17.7 Å². The summed E-state index contributed by atoms with van der Waals surface area (Å²) in [6.45, 7) is 24.4. The lowest BCUT2D eigenvalue weighted by atomic mass is 9.85. The van der Waals surface area contributed by atoms with Crippen LogP contribution in [-0.4, -0.2) is 154 Å². The van der Waals surface area contributed by atoms with Crippen LogP contribution in [0, 0.1) is 11.8 Å². The number of carboxylic acids is 3. The number of ketones is 1. The van der Waals surface area contributed by atoms with Gasteiger partial charge in [-0.25, -0.2) is 29.9 Å². The van der Waals surface area contributed by atoms with Gasteiger partial charge in [0.2, 0.25) is 17.7 Å². The molecule has 0 saturated carbocycles. The number of nitrogens with zero attached hydrogens (tertiary/aromatic N) is 6. The minimum Gasteiger partial charge on any atom is -0.480 e. The molecule has 6 heterocycles. The fraction of sp³-hybridized carbons (Fsp3) is 0.385. The summed E-state index contributed by atoms with van der Waals surface area (Å²) in [5.74, 6) is -4.64. The van der Waals surface area contributed by atoms with Crippen molar-refractivity contribution in [2.45, 2.75) is 220 Å². The molecule has 27 nitrogen and oxygen atoms in total. The number of esters is 1. The van der Waals surface area contributed by atoms with Gasteiger partial charge in [0, 0.05) is 110 Å². The van der Waals surface area contributed by atoms with Gasteiger partial charge in [0.05, 0.1) is 27.7 Å². The maximum absolute atomic E-state index is 13.1. The van der Waals surface area contributed by atoms with Gasteiger partial charge in [0.15, 0.2) is 17.5 Å². The van der Waals surface area contributed by atoms with Gasteiger partial charge < -0.3 is 52.0 Å². The average Bonchev–Trinajstić information content (AvgIpc) is 1.57. The number of hydrogen-bond donors (Lipinski definition) is 9. The Balaban J connectivity index is 0.000000198. The summed E-state index contributed by atoms with van der Waals surface area (Å²) in [5.41, 5.74) is 10.9. The molecular formula is C96H110N12O15S3. The molecule has 3 aliphatic rings. The molecule has 30 heteroatoms. The van der Waals surface area contributed by atoms with E-state index in [-0.39, 0.29) is 65.0 Å². The Morgan fingerprint density at radius 1 is 0.389 bits per heavy atom. The number of methoxy groups -OCH3 is 1. The number of carbonyl (C=O) groups excluding carboxylic acids is 8. The Labute approximate surface area is 745 Å². The minimum atomic E-state index is -1.17. The maximum atomic E-state index is 13.1. The number of Topliss-reactive ketones (excluding diaryl/α,β-unsaturated/α-hetero) is 1. The Bertz CT molecular complexity index is 5500. The number of benzene rings is 3. The second kappa shape index (κ2) is 43.0. The van der Waals surface area contributed by atoms with Gasteiger partial charge in [-0.15, -0.1) is 34.0 Å². The van der Waals surface area contributed by atoms with E-state index in [2.05, 4.69) is 136 Å². The van der Waals surface area contributed by atoms with Gasteiger partial charge in [-0.05, 0) is 172 Å². The number of carboxylic acid groups (broad SMARTS) is 3. The highest BCUT2D eigenvalue weighted by molar-refractivity contribution is 7.14. The second-order valence-electron chi connectivity index (χ2n) is 34.8. The van der Waals surface area contributed by atoms with Crippen molar-refractivity contribution in [2.24, 2.45) is 11.8 Å². The normalized spacial score (nSPS) is 15.9. The molecular weight excluding hydrogens is 1660 g/mol. The van der Waals surface area contributed by atoms with E-state index < -0.39 is 83.7 Å². The van der Waals surface area contributed by atoms with Crippen molar-refractivity contribution in [2.75, 3.05) is 7.11 Å². The molecule has 8 atom stereocenters. The number of aromatic nitrogens is 6. The molecule has 3 aliphatic carbocycles. The van der Waals surface area contributed by atoms with E-state index in [1.165, 1.54) is 73.9 Å². The van der Waals surface area contributed by atoms with Crippen LogP contribution in [0.2, 0.25) is 0 Å². The summed E-state index contributed by atoms with van der Waals surface area (Å²) in [4.78, 5) is 168. The molecule has 6 aromatic heterocycles. The summed E-state index contributed by atoms with van der Waals surface area (Å²) in [6, 6.07) is 26.9. The summed E-state index contributed by atoms with van der Waals surface area (Å²) >= 11 is 4.11. The molecule has 9 aromatic rings. The molecule has 0 spiro atoms. The molecule has 12 rings (SSSR count). The topological polar surface area (TPSA) is 407 Å². The molecule has 0 radical (unpaired) electrons. The van der Waals surface area contributed by atoms with Crippen LogP contribution in [0.3, 0.4) is 0 Å².